The van der Waals surface area contributed by atoms with Crippen molar-refractivity contribution in [2.45, 2.75) is 30.7 Å². The molecule has 2 aromatic rings. The highest BCUT2D eigenvalue weighted by atomic mass is 16.5. The lowest BCUT2D eigenvalue weighted by atomic mass is 9.91. The molecule has 1 atom stereocenters. The molecule has 29 heavy (non-hydrogen) atoms. The molecule has 2 aromatic carbocycles. The molecule has 0 aliphatic heterocycles. The predicted molar refractivity (Wildman–Crippen MR) is 111 cm³/mol. The summed E-state index contributed by atoms with van der Waals surface area (Å²) < 4.78 is 5.44. The lowest BCUT2D eigenvalue weighted by Gasteiger charge is -2.24. The largest absolute Gasteiger partial charge is 0.480 e. The van der Waals surface area contributed by atoms with Crippen LogP contribution in [0.3, 0.4) is 0 Å². The molecule has 0 saturated heterocycles. The van der Waals surface area contributed by atoms with Gasteiger partial charge < -0.3 is 26.6 Å². The molecule has 1 aliphatic carbocycles. The van der Waals surface area contributed by atoms with E-state index in [4.69, 9.17) is 16.2 Å². The topological polar surface area (TPSA) is 128 Å². The number of nitrogens with two attached hydrogens (primary N) is 2. The van der Waals surface area contributed by atoms with E-state index < -0.39 is 17.6 Å². The first-order valence-electron chi connectivity index (χ1n) is 9.77. The zero-order chi connectivity index (χ0) is 20.9. The number of fused-ring (bicyclic) bond motifs is 3. The monoisotopic (exact) mass is 397 g/mol. The van der Waals surface area contributed by atoms with Crippen LogP contribution in [0.1, 0.15) is 36.3 Å². The van der Waals surface area contributed by atoms with Gasteiger partial charge in [-0.1, -0.05) is 48.5 Å². The summed E-state index contributed by atoms with van der Waals surface area (Å²) in [6.07, 6.45) is 0.282. The second-order valence-corrected chi connectivity index (χ2v) is 7.36. The van der Waals surface area contributed by atoms with Crippen LogP contribution < -0.4 is 16.8 Å². The average Bonchev–Trinajstić information content (AvgIpc) is 3.04. The van der Waals surface area contributed by atoms with Crippen LogP contribution in [0.4, 0.5) is 4.79 Å². The van der Waals surface area contributed by atoms with Crippen LogP contribution >= 0.6 is 0 Å². The number of carboxylic acids is 1. The summed E-state index contributed by atoms with van der Waals surface area (Å²) in [5.41, 5.74) is 14.6. The zero-order valence-electron chi connectivity index (χ0n) is 16.3. The van der Waals surface area contributed by atoms with Crippen molar-refractivity contribution >= 4 is 12.1 Å². The number of carbonyl (C=O) groups excluding carboxylic acids is 1. The van der Waals surface area contributed by atoms with Gasteiger partial charge in [-0.05, 0) is 48.1 Å². The number of ether oxygens (including phenoxy) is 1. The van der Waals surface area contributed by atoms with Crippen LogP contribution in [0.25, 0.3) is 11.1 Å². The van der Waals surface area contributed by atoms with E-state index in [-0.39, 0.29) is 31.9 Å². The molecule has 6 N–H and O–H groups in total. The smallest absolute Gasteiger partial charge is 0.407 e. The molecule has 0 fully saturated rings. The van der Waals surface area contributed by atoms with Gasteiger partial charge in [0.25, 0.3) is 0 Å². The third-order valence-electron chi connectivity index (χ3n) is 5.44. The van der Waals surface area contributed by atoms with Gasteiger partial charge in [-0.25, -0.2) is 4.79 Å². The molecule has 7 nitrogen and oxygen atoms in total. The van der Waals surface area contributed by atoms with Gasteiger partial charge >= 0.3 is 12.1 Å². The van der Waals surface area contributed by atoms with Crippen molar-refractivity contribution in [3.8, 4) is 11.1 Å². The third-order valence-corrected chi connectivity index (χ3v) is 5.44. The van der Waals surface area contributed by atoms with Crippen LogP contribution in [0.5, 0.6) is 0 Å². The first-order chi connectivity index (χ1) is 14.0. The highest BCUT2D eigenvalue weighted by molar-refractivity contribution is 5.79. The Morgan fingerprint density at radius 3 is 2.17 bits per heavy atom. The van der Waals surface area contributed by atoms with Crippen molar-refractivity contribution in [1.29, 1.82) is 0 Å². The maximum Gasteiger partial charge on any atom is 0.407 e. The number of aliphatic carboxylic acids is 1. The summed E-state index contributed by atoms with van der Waals surface area (Å²) in [5, 5.41) is 12.0. The normalized spacial score (nSPS) is 14.6. The lowest BCUT2D eigenvalue weighted by Crippen LogP contribution is -2.50. The number of rotatable bonds is 9. The zero-order valence-corrected chi connectivity index (χ0v) is 16.3. The Morgan fingerprint density at radius 2 is 1.62 bits per heavy atom. The van der Waals surface area contributed by atoms with E-state index in [2.05, 4.69) is 17.4 Å². The summed E-state index contributed by atoms with van der Waals surface area (Å²) in [6, 6.07) is 16.2. The Balaban J connectivity index is 1.56. The van der Waals surface area contributed by atoms with Gasteiger partial charge in [-0.2, -0.15) is 0 Å². The number of carboxylic acid groups (broad SMARTS) is 1. The maximum atomic E-state index is 12.2. The van der Waals surface area contributed by atoms with Crippen LogP contribution in [-0.2, 0) is 9.53 Å². The lowest BCUT2D eigenvalue weighted by molar-refractivity contribution is -0.143. The van der Waals surface area contributed by atoms with Crippen LogP contribution in [0.15, 0.2) is 48.5 Å². The van der Waals surface area contributed by atoms with Crippen LogP contribution in [0.2, 0.25) is 0 Å². The molecular formula is C22H27N3O4. The molecule has 154 valence electrons. The Hall–Kier alpha value is -2.90. The Kier molecular flexibility index (Phi) is 6.51. The first kappa shape index (κ1) is 20.8. The van der Waals surface area contributed by atoms with Crippen molar-refractivity contribution in [3.05, 3.63) is 59.7 Å². The summed E-state index contributed by atoms with van der Waals surface area (Å²) in [5.74, 6) is -1.12. The van der Waals surface area contributed by atoms with Gasteiger partial charge in [-0.15, -0.1) is 0 Å². The number of carbonyl (C=O) groups is 2. The van der Waals surface area contributed by atoms with Crippen molar-refractivity contribution < 1.29 is 19.4 Å². The minimum Gasteiger partial charge on any atom is -0.480 e. The first-order valence-corrected chi connectivity index (χ1v) is 9.77. The minimum absolute atomic E-state index is 0.0228. The number of alkyl carbamates (subject to hydrolysis) is 1. The third kappa shape index (κ3) is 4.58. The predicted octanol–water partition coefficient (Wildman–Crippen LogP) is 2.44. The number of amides is 1. The van der Waals surface area contributed by atoms with Crippen molar-refractivity contribution in [2.75, 3.05) is 19.7 Å². The standard InChI is InChI=1S/C22H27N3O4/c23-12-5-10-22(24,20(26)27)11-13-25-21(28)29-14-19-17-8-3-1-6-15(17)16-7-2-4-9-18(16)19/h1-4,6-9,19H,5,10-14,23-24H2,(H,25,28)(H,26,27)/t22-/m0/s1. The minimum atomic E-state index is -1.41. The molecule has 0 heterocycles. The van der Waals surface area contributed by atoms with Crippen LogP contribution in [0, 0.1) is 0 Å². The summed E-state index contributed by atoms with van der Waals surface area (Å²) in [4.78, 5) is 23.6. The second kappa shape index (κ2) is 9.07. The van der Waals surface area contributed by atoms with E-state index in [9.17, 15) is 14.7 Å². The van der Waals surface area contributed by atoms with Gasteiger partial charge in [0.1, 0.15) is 12.1 Å². The van der Waals surface area contributed by atoms with Crippen molar-refractivity contribution in [3.63, 3.8) is 0 Å². The van der Waals surface area contributed by atoms with Crippen LogP contribution in [-0.4, -0.2) is 42.4 Å². The van der Waals surface area contributed by atoms with Gasteiger partial charge in [0.15, 0.2) is 0 Å². The maximum absolute atomic E-state index is 12.2. The second-order valence-electron chi connectivity index (χ2n) is 7.36. The quantitative estimate of drug-likeness (QED) is 0.515. The van der Waals surface area contributed by atoms with E-state index in [1.165, 1.54) is 0 Å². The molecule has 1 amide bonds. The molecule has 0 spiro atoms. The fourth-order valence-corrected chi connectivity index (χ4v) is 3.79. The van der Waals surface area contributed by atoms with E-state index >= 15 is 0 Å². The van der Waals surface area contributed by atoms with Crippen molar-refractivity contribution in [2.24, 2.45) is 11.5 Å². The fourth-order valence-electron chi connectivity index (χ4n) is 3.79. The van der Waals surface area contributed by atoms with Gasteiger partial charge in [-0.3, -0.25) is 4.79 Å². The molecule has 0 unspecified atom stereocenters. The number of benzene rings is 2. The Bertz CT molecular complexity index is 840. The fraction of sp³-hybridized carbons (Fsp3) is 0.364. The molecule has 3 rings (SSSR count). The molecule has 0 bridgehead atoms. The molecule has 7 heteroatoms. The Morgan fingerprint density at radius 1 is 1.03 bits per heavy atom. The molecule has 0 aromatic heterocycles. The van der Waals surface area contributed by atoms with Gasteiger partial charge in [0.05, 0.1) is 0 Å². The van der Waals surface area contributed by atoms with Gasteiger partial charge in [0, 0.05) is 12.5 Å². The summed E-state index contributed by atoms with van der Waals surface area (Å²) in [7, 11) is 0. The average molecular weight is 397 g/mol. The summed E-state index contributed by atoms with van der Waals surface area (Å²) in [6.45, 7) is 0.690. The number of hydrogen-bond acceptors (Lipinski definition) is 5. The van der Waals surface area contributed by atoms with E-state index in [0.29, 0.717) is 13.0 Å². The van der Waals surface area contributed by atoms with E-state index in [0.717, 1.165) is 22.3 Å². The SMILES string of the molecule is NCCC[C@](N)(CCNC(=O)OCC1c2ccccc2-c2ccccc21)C(=O)O. The van der Waals surface area contributed by atoms with Crippen molar-refractivity contribution in [1.82, 2.24) is 5.32 Å². The van der Waals surface area contributed by atoms with E-state index in [1.807, 2.05) is 36.4 Å². The highest BCUT2D eigenvalue weighted by Crippen LogP contribution is 2.44. The molecule has 1 aliphatic rings. The summed E-state index contributed by atoms with van der Waals surface area (Å²) >= 11 is 0. The Labute approximate surface area is 170 Å². The molecule has 0 saturated carbocycles. The molecule has 0 radical (unpaired) electrons. The molecular weight excluding hydrogens is 370 g/mol. The van der Waals surface area contributed by atoms with E-state index in [1.54, 1.807) is 0 Å². The highest BCUT2D eigenvalue weighted by Gasteiger charge is 2.33. The number of nitrogens with one attached hydrogen (secondary N) is 1. The number of hydrogen-bond donors (Lipinski definition) is 4. The van der Waals surface area contributed by atoms with Gasteiger partial charge in [0.2, 0.25) is 0 Å².